The molecule has 0 radical (unpaired) electrons. The molecule has 0 bridgehead atoms. The standard InChI is InChI=1S/C26H39N3O2/c1-2-3-4-5-7-10-19-30-23-15-16-24(27-21-23)25-17-18-26(29-28-25)31-20-11-8-6-9-12-22-13-14-22/h15-18,21-22H,2-14,19-20H2,1H3. The largest absolute Gasteiger partial charge is 0.492 e. The van der Waals surface area contributed by atoms with Crippen molar-refractivity contribution in [1.29, 1.82) is 0 Å². The van der Waals surface area contributed by atoms with E-state index >= 15 is 0 Å². The van der Waals surface area contributed by atoms with Crippen LogP contribution in [0.3, 0.4) is 0 Å². The number of unbranched alkanes of at least 4 members (excludes halogenated alkanes) is 8. The van der Waals surface area contributed by atoms with E-state index in [4.69, 9.17) is 9.47 Å². The SMILES string of the molecule is CCCCCCCCOc1ccc(-c2ccc(OCCCCCCC3CC3)nn2)nc1. The molecule has 0 amide bonds. The Kier molecular flexibility index (Phi) is 10.6. The van der Waals surface area contributed by atoms with Crippen LogP contribution in [-0.2, 0) is 0 Å². The Morgan fingerprint density at radius 3 is 2.13 bits per heavy atom. The van der Waals surface area contributed by atoms with Crippen molar-refractivity contribution in [3.63, 3.8) is 0 Å². The van der Waals surface area contributed by atoms with Gasteiger partial charge in [-0.1, -0.05) is 77.6 Å². The van der Waals surface area contributed by atoms with E-state index in [0.717, 1.165) is 42.5 Å². The zero-order valence-electron chi connectivity index (χ0n) is 19.2. The van der Waals surface area contributed by atoms with Crippen LogP contribution >= 0.6 is 0 Å². The molecular weight excluding hydrogens is 386 g/mol. The summed E-state index contributed by atoms with van der Waals surface area (Å²) < 4.78 is 11.5. The fourth-order valence-electron chi connectivity index (χ4n) is 3.70. The molecule has 1 aliphatic carbocycles. The molecule has 5 heteroatoms. The van der Waals surface area contributed by atoms with E-state index in [9.17, 15) is 0 Å². The van der Waals surface area contributed by atoms with Crippen LogP contribution in [-0.4, -0.2) is 28.4 Å². The van der Waals surface area contributed by atoms with Crippen molar-refractivity contribution >= 4 is 0 Å². The minimum Gasteiger partial charge on any atom is -0.492 e. The van der Waals surface area contributed by atoms with E-state index < -0.39 is 0 Å². The van der Waals surface area contributed by atoms with Gasteiger partial charge < -0.3 is 9.47 Å². The first-order valence-corrected chi connectivity index (χ1v) is 12.4. The van der Waals surface area contributed by atoms with Gasteiger partial charge in [0.25, 0.3) is 0 Å². The van der Waals surface area contributed by atoms with Crippen molar-refractivity contribution in [3.05, 3.63) is 30.5 Å². The summed E-state index contributed by atoms with van der Waals surface area (Å²) in [6.45, 7) is 3.70. The highest BCUT2D eigenvalue weighted by Crippen LogP contribution is 2.34. The van der Waals surface area contributed by atoms with Gasteiger partial charge in [0.05, 0.1) is 25.1 Å². The van der Waals surface area contributed by atoms with Crippen LogP contribution < -0.4 is 9.47 Å². The number of nitrogens with zero attached hydrogens (tertiary/aromatic N) is 3. The van der Waals surface area contributed by atoms with Gasteiger partial charge in [0.15, 0.2) is 0 Å². The second kappa shape index (κ2) is 14.0. The van der Waals surface area contributed by atoms with Gasteiger partial charge in [-0.2, -0.15) is 0 Å². The summed E-state index contributed by atoms with van der Waals surface area (Å²) in [6, 6.07) is 7.68. The van der Waals surface area contributed by atoms with Gasteiger partial charge >= 0.3 is 0 Å². The van der Waals surface area contributed by atoms with Gasteiger partial charge in [0, 0.05) is 6.07 Å². The van der Waals surface area contributed by atoms with Crippen LogP contribution in [0.4, 0.5) is 0 Å². The molecule has 0 unspecified atom stereocenters. The predicted molar refractivity (Wildman–Crippen MR) is 125 cm³/mol. The molecule has 2 aromatic rings. The Balaban J connectivity index is 1.29. The molecule has 1 aliphatic rings. The van der Waals surface area contributed by atoms with Gasteiger partial charge in [0.2, 0.25) is 5.88 Å². The molecule has 0 aromatic carbocycles. The third-order valence-corrected chi connectivity index (χ3v) is 5.86. The van der Waals surface area contributed by atoms with Crippen molar-refractivity contribution < 1.29 is 9.47 Å². The number of hydrogen-bond donors (Lipinski definition) is 0. The lowest BCUT2D eigenvalue weighted by Crippen LogP contribution is -2.01. The van der Waals surface area contributed by atoms with Crippen molar-refractivity contribution in [2.75, 3.05) is 13.2 Å². The Labute approximate surface area is 188 Å². The van der Waals surface area contributed by atoms with Crippen LogP contribution in [0.2, 0.25) is 0 Å². The molecule has 3 rings (SSSR count). The van der Waals surface area contributed by atoms with Gasteiger partial charge in [-0.15, -0.1) is 10.2 Å². The molecule has 0 aliphatic heterocycles. The number of rotatable bonds is 17. The summed E-state index contributed by atoms with van der Waals surface area (Å²) in [5.74, 6) is 2.44. The van der Waals surface area contributed by atoms with E-state index in [1.165, 1.54) is 70.6 Å². The molecule has 1 saturated carbocycles. The second-order valence-corrected chi connectivity index (χ2v) is 8.75. The maximum absolute atomic E-state index is 5.80. The lowest BCUT2D eigenvalue weighted by atomic mass is 10.1. The molecule has 0 saturated heterocycles. The van der Waals surface area contributed by atoms with E-state index in [2.05, 4.69) is 22.1 Å². The average Bonchev–Trinajstić information content (AvgIpc) is 3.63. The van der Waals surface area contributed by atoms with Gasteiger partial charge in [-0.25, -0.2) is 0 Å². The summed E-state index contributed by atoms with van der Waals surface area (Å²) in [7, 11) is 0. The normalized spacial score (nSPS) is 13.3. The Morgan fingerprint density at radius 2 is 1.45 bits per heavy atom. The molecule has 2 aromatic heterocycles. The highest BCUT2D eigenvalue weighted by molar-refractivity contribution is 5.54. The summed E-state index contributed by atoms with van der Waals surface area (Å²) in [5.41, 5.74) is 1.54. The van der Waals surface area contributed by atoms with E-state index in [1.54, 1.807) is 6.20 Å². The zero-order valence-corrected chi connectivity index (χ0v) is 19.2. The molecule has 0 spiro atoms. The predicted octanol–water partition coefficient (Wildman–Crippen LogP) is 7.02. The third-order valence-electron chi connectivity index (χ3n) is 5.86. The second-order valence-electron chi connectivity index (χ2n) is 8.75. The van der Waals surface area contributed by atoms with Crippen molar-refractivity contribution in [2.24, 2.45) is 5.92 Å². The fraction of sp³-hybridized carbons (Fsp3) is 0.654. The first-order chi connectivity index (χ1) is 15.3. The number of pyridine rings is 1. The first-order valence-electron chi connectivity index (χ1n) is 12.4. The third kappa shape index (κ3) is 9.67. The smallest absolute Gasteiger partial charge is 0.233 e. The number of hydrogen-bond acceptors (Lipinski definition) is 5. The van der Waals surface area contributed by atoms with Crippen LogP contribution in [0.25, 0.3) is 11.4 Å². The maximum Gasteiger partial charge on any atom is 0.233 e. The van der Waals surface area contributed by atoms with Crippen LogP contribution in [0, 0.1) is 5.92 Å². The molecule has 170 valence electrons. The summed E-state index contributed by atoms with van der Waals surface area (Å²) in [4.78, 5) is 4.47. The quantitative estimate of drug-likeness (QED) is 0.255. The monoisotopic (exact) mass is 425 g/mol. The molecule has 1 fully saturated rings. The van der Waals surface area contributed by atoms with Gasteiger partial charge in [0.1, 0.15) is 11.4 Å². The minimum atomic E-state index is 0.584. The van der Waals surface area contributed by atoms with Crippen LogP contribution in [0.5, 0.6) is 11.6 Å². The topological polar surface area (TPSA) is 57.1 Å². The fourth-order valence-corrected chi connectivity index (χ4v) is 3.70. The number of aromatic nitrogens is 3. The van der Waals surface area contributed by atoms with E-state index in [-0.39, 0.29) is 0 Å². The zero-order chi connectivity index (χ0) is 21.6. The minimum absolute atomic E-state index is 0.584. The van der Waals surface area contributed by atoms with Gasteiger partial charge in [-0.05, 0) is 37.0 Å². The van der Waals surface area contributed by atoms with Crippen molar-refractivity contribution in [1.82, 2.24) is 15.2 Å². The molecular formula is C26H39N3O2. The Bertz CT molecular complexity index is 714. The Morgan fingerprint density at radius 1 is 0.742 bits per heavy atom. The molecule has 2 heterocycles. The van der Waals surface area contributed by atoms with E-state index in [0.29, 0.717) is 12.5 Å². The summed E-state index contributed by atoms with van der Waals surface area (Å²) in [6.07, 6.45) is 18.7. The molecule has 5 nitrogen and oxygen atoms in total. The molecule has 31 heavy (non-hydrogen) atoms. The van der Waals surface area contributed by atoms with Crippen LogP contribution in [0.1, 0.15) is 90.4 Å². The van der Waals surface area contributed by atoms with Crippen molar-refractivity contribution in [3.8, 4) is 23.0 Å². The van der Waals surface area contributed by atoms with Crippen molar-refractivity contribution in [2.45, 2.75) is 90.4 Å². The summed E-state index contributed by atoms with van der Waals surface area (Å²) >= 11 is 0. The lowest BCUT2D eigenvalue weighted by molar-refractivity contribution is 0.290. The Hall–Kier alpha value is -2.17. The van der Waals surface area contributed by atoms with E-state index in [1.807, 2.05) is 24.3 Å². The first kappa shape index (κ1) is 23.5. The maximum atomic E-state index is 5.80. The number of ether oxygens (including phenoxy) is 2. The van der Waals surface area contributed by atoms with Gasteiger partial charge in [-0.3, -0.25) is 4.98 Å². The van der Waals surface area contributed by atoms with Crippen LogP contribution in [0.15, 0.2) is 30.5 Å². The summed E-state index contributed by atoms with van der Waals surface area (Å²) in [5, 5.41) is 8.46. The lowest BCUT2D eigenvalue weighted by Gasteiger charge is -2.07. The molecule has 0 N–H and O–H groups in total. The molecule has 0 atom stereocenters. The highest BCUT2D eigenvalue weighted by Gasteiger charge is 2.19. The average molecular weight is 426 g/mol. The highest BCUT2D eigenvalue weighted by atomic mass is 16.5.